The Hall–Kier alpha value is -1.71. The Kier molecular flexibility index (Phi) is 4.51. The van der Waals surface area contributed by atoms with Crippen LogP contribution in [0.4, 0.5) is 0 Å². The lowest BCUT2D eigenvalue weighted by Gasteiger charge is -2.29. The Morgan fingerprint density at radius 1 is 1.35 bits per heavy atom. The van der Waals surface area contributed by atoms with Crippen molar-refractivity contribution >= 4 is 5.91 Å². The molecule has 1 aromatic rings. The van der Waals surface area contributed by atoms with Gasteiger partial charge in [-0.2, -0.15) is 0 Å². The van der Waals surface area contributed by atoms with Crippen LogP contribution < -0.4 is 14.8 Å². The maximum absolute atomic E-state index is 12.2. The molecule has 0 unspecified atom stereocenters. The van der Waals surface area contributed by atoms with E-state index in [4.69, 9.17) is 9.47 Å². The van der Waals surface area contributed by atoms with E-state index in [1.165, 1.54) is 19.3 Å². The number of rotatable bonds is 4. The fourth-order valence-corrected chi connectivity index (χ4v) is 3.62. The highest BCUT2D eigenvalue weighted by Crippen LogP contribution is 2.41. The molecule has 126 valence electrons. The highest BCUT2D eigenvalue weighted by Gasteiger charge is 2.32. The van der Waals surface area contributed by atoms with Crippen LogP contribution in [0.1, 0.15) is 52.0 Å². The molecule has 0 radical (unpaired) electrons. The largest absolute Gasteiger partial charge is 0.483 e. The molecule has 4 nitrogen and oxygen atoms in total. The lowest BCUT2D eigenvalue weighted by Crippen LogP contribution is -2.43. The minimum atomic E-state index is -0.207. The normalized spacial score (nSPS) is 25.3. The van der Waals surface area contributed by atoms with Gasteiger partial charge in [-0.3, -0.25) is 4.79 Å². The van der Waals surface area contributed by atoms with E-state index in [0.29, 0.717) is 11.7 Å². The second-order valence-corrected chi connectivity index (χ2v) is 7.51. The van der Waals surface area contributed by atoms with Gasteiger partial charge >= 0.3 is 0 Å². The van der Waals surface area contributed by atoms with Gasteiger partial charge in [0.15, 0.2) is 18.1 Å². The van der Waals surface area contributed by atoms with Crippen molar-refractivity contribution in [2.24, 2.45) is 5.92 Å². The van der Waals surface area contributed by atoms with Crippen molar-refractivity contribution in [2.75, 3.05) is 6.61 Å². The first-order valence-electron chi connectivity index (χ1n) is 8.68. The smallest absolute Gasteiger partial charge is 0.258 e. The third-order valence-corrected chi connectivity index (χ3v) is 4.87. The molecule has 0 saturated heterocycles. The summed E-state index contributed by atoms with van der Waals surface area (Å²) in [4.78, 5) is 12.2. The van der Waals surface area contributed by atoms with Crippen LogP contribution in [0.15, 0.2) is 18.2 Å². The Morgan fingerprint density at radius 3 is 2.91 bits per heavy atom. The molecule has 0 spiro atoms. The molecule has 4 heteroatoms. The molecule has 1 fully saturated rings. The van der Waals surface area contributed by atoms with Crippen LogP contribution in [-0.4, -0.2) is 24.2 Å². The van der Waals surface area contributed by atoms with Gasteiger partial charge in [-0.05, 0) is 38.7 Å². The third kappa shape index (κ3) is 3.80. The fraction of sp³-hybridized carbons (Fsp3) is 0.632. The Labute approximate surface area is 138 Å². The molecule has 23 heavy (non-hydrogen) atoms. The van der Waals surface area contributed by atoms with Gasteiger partial charge in [-0.15, -0.1) is 0 Å². The monoisotopic (exact) mass is 317 g/mol. The summed E-state index contributed by atoms with van der Waals surface area (Å²) in [6.07, 6.45) is 5.61. The van der Waals surface area contributed by atoms with Crippen molar-refractivity contribution in [1.82, 2.24) is 5.32 Å². The van der Waals surface area contributed by atoms with Crippen molar-refractivity contribution in [3.63, 3.8) is 0 Å². The number of fused-ring (bicyclic) bond motifs is 1. The molecule has 1 aliphatic carbocycles. The lowest BCUT2D eigenvalue weighted by molar-refractivity contribution is -0.124. The number of nitrogens with one attached hydrogen (secondary N) is 1. The summed E-state index contributed by atoms with van der Waals surface area (Å²) in [7, 11) is 0. The van der Waals surface area contributed by atoms with E-state index in [-0.39, 0.29) is 24.2 Å². The minimum Gasteiger partial charge on any atom is -0.483 e. The van der Waals surface area contributed by atoms with E-state index < -0.39 is 0 Å². The molecule has 2 atom stereocenters. The number of carbonyl (C=O) groups is 1. The van der Waals surface area contributed by atoms with E-state index in [2.05, 4.69) is 32.2 Å². The summed E-state index contributed by atoms with van der Waals surface area (Å²) < 4.78 is 11.7. The Morgan fingerprint density at radius 2 is 2.13 bits per heavy atom. The summed E-state index contributed by atoms with van der Waals surface area (Å²) in [5.41, 5.74) is 0.940. The van der Waals surface area contributed by atoms with Crippen molar-refractivity contribution < 1.29 is 14.3 Å². The third-order valence-electron chi connectivity index (χ3n) is 4.87. The molecule has 1 amide bonds. The van der Waals surface area contributed by atoms with Gasteiger partial charge in [-0.25, -0.2) is 0 Å². The van der Waals surface area contributed by atoms with Gasteiger partial charge in [0.25, 0.3) is 5.91 Å². The number of amides is 1. The van der Waals surface area contributed by atoms with Crippen LogP contribution >= 0.6 is 0 Å². The summed E-state index contributed by atoms with van der Waals surface area (Å²) >= 11 is 0. The number of para-hydroxylation sites is 1. The van der Waals surface area contributed by atoms with Gasteiger partial charge in [0.2, 0.25) is 0 Å². The van der Waals surface area contributed by atoms with E-state index in [9.17, 15) is 4.79 Å². The van der Waals surface area contributed by atoms with Gasteiger partial charge in [0.05, 0.1) is 0 Å². The molecule has 1 heterocycles. The SMILES string of the molecule is C[C@@H]1CCCC[C@H]1NC(=O)COc1cccc2c1OC(C)(C)C2. The van der Waals surface area contributed by atoms with Crippen LogP contribution in [0.25, 0.3) is 0 Å². The van der Waals surface area contributed by atoms with Crippen LogP contribution in [0.2, 0.25) is 0 Å². The van der Waals surface area contributed by atoms with Crippen molar-refractivity contribution in [1.29, 1.82) is 0 Å². The number of hydrogen-bond acceptors (Lipinski definition) is 3. The highest BCUT2D eigenvalue weighted by molar-refractivity contribution is 5.78. The molecular weight excluding hydrogens is 290 g/mol. The quantitative estimate of drug-likeness (QED) is 0.925. The van der Waals surface area contributed by atoms with E-state index in [0.717, 1.165) is 24.2 Å². The van der Waals surface area contributed by atoms with Gasteiger partial charge in [0.1, 0.15) is 5.60 Å². The van der Waals surface area contributed by atoms with Gasteiger partial charge in [-0.1, -0.05) is 31.9 Å². The first kappa shape index (κ1) is 16.2. The number of benzene rings is 1. The van der Waals surface area contributed by atoms with Crippen LogP contribution in [-0.2, 0) is 11.2 Å². The zero-order chi connectivity index (χ0) is 16.4. The number of hydrogen-bond donors (Lipinski definition) is 1. The maximum Gasteiger partial charge on any atom is 0.258 e. The standard InChI is InChI=1S/C19H27NO3/c1-13-7-4-5-9-15(13)20-17(21)12-22-16-10-6-8-14-11-19(2,3)23-18(14)16/h6,8,10,13,15H,4-5,7,9,11-12H2,1-3H3,(H,20,21)/t13-,15-/m1/s1. The minimum absolute atomic E-state index is 0.0430. The zero-order valence-electron chi connectivity index (χ0n) is 14.4. The second-order valence-electron chi connectivity index (χ2n) is 7.51. The van der Waals surface area contributed by atoms with E-state index in [1.54, 1.807) is 0 Å². The maximum atomic E-state index is 12.2. The van der Waals surface area contributed by atoms with Crippen molar-refractivity contribution in [3.05, 3.63) is 23.8 Å². The molecule has 1 aromatic carbocycles. The number of ether oxygens (including phenoxy) is 2. The molecule has 1 aliphatic heterocycles. The summed E-state index contributed by atoms with van der Waals surface area (Å²) in [5.74, 6) is 1.97. The fourth-order valence-electron chi connectivity index (χ4n) is 3.62. The first-order valence-corrected chi connectivity index (χ1v) is 8.68. The molecule has 0 bridgehead atoms. The average molecular weight is 317 g/mol. The summed E-state index contributed by atoms with van der Waals surface area (Å²) in [6, 6.07) is 6.17. The van der Waals surface area contributed by atoms with Gasteiger partial charge in [0, 0.05) is 18.0 Å². The molecule has 2 aliphatic rings. The molecule has 3 rings (SSSR count). The van der Waals surface area contributed by atoms with Crippen LogP contribution in [0.3, 0.4) is 0 Å². The van der Waals surface area contributed by atoms with Gasteiger partial charge < -0.3 is 14.8 Å². The molecule has 1 N–H and O–H groups in total. The summed E-state index contributed by atoms with van der Waals surface area (Å²) in [6.45, 7) is 6.39. The Bertz CT molecular complexity index is 582. The molecule has 1 saturated carbocycles. The van der Waals surface area contributed by atoms with Crippen molar-refractivity contribution in [2.45, 2.75) is 64.5 Å². The Balaban J connectivity index is 1.57. The molecule has 0 aromatic heterocycles. The van der Waals surface area contributed by atoms with E-state index >= 15 is 0 Å². The van der Waals surface area contributed by atoms with Crippen LogP contribution in [0, 0.1) is 5.92 Å². The molecular formula is C19H27NO3. The van der Waals surface area contributed by atoms with Crippen molar-refractivity contribution in [3.8, 4) is 11.5 Å². The zero-order valence-corrected chi connectivity index (χ0v) is 14.4. The topological polar surface area (TPSA) is 47.6 Å². The van der Waals surface area contributed by atoms with E-state index in [1.807, 2.05) is 12.1 Å². The van der Waals surface area contributed by atoms with Crippen LogP contribution in [0.5, 0.6) is 11.5 Å². The second kappa shape index (κ2) is 6.42. The highest BCUT2D eigenvalue weighted by atomic mass is 16.5. The average Bonchev–Trinajstić information content (AvgIpc) is 2.82. The predicted octanol–water partition coefficient (Wildman–Crippen LogP) is 3.47. The summed E-state index contributed by atoms with van der Waals surface area (Å²) in [5, 5.41) is 3.12. The number of carbonyl (C=O) groups excluding carboxylic acids is 1. The first-order chi connectivity index (χ1) is 10.9. The lowest BCUT2D eigenvalue weighted by atomic mass is 9.86. The predicted molar refractivity (Wildman–Crippen MR) is 89.9 cm³/mol.